The second-order valence-electron chi connectivity index (χ2n) is 7.70. The Morgan fingerprint density at radius 3 is 2.54 bits per heavy atom. The number of hydrogen-bond acceptors (Lipinski definition) is 7. The molecule has 4 rings (SSSR count). The van der Waals surface area contributed by atoms with Gasteiger partial charge >= 0.3 is 0 Å². The maximum Gasteiger partial charge on any atom is 0.294 e. The zero-order valence-corrected chi connectivity index (χ0v) is 22.6. The summed E-state index contributed by atoms with van der Waals surface area (Å²) in [5.74, 6) is -0.501. The molecule has 3 aromatic carbocycles. The van der Waals surface area contributed by atoms with Crippen LogP contribution in [0.25, 0.3) is 6.08 Å². The van der Waals surface area contributed by atoms with Gasteiger partial charge in [0.05, 0.1) is 24.1 Å². The van der Waals surface area contributed by atoms with E-state index in [0.29, 0.717) is 22.0 Å². The van der Waals surface area contributed by atoms with Crippen LogP contribution in [0.2, 0.25) is 5.02 Å². The summed E-state index contributed by atoms with van der Waals surface area (Å²) in [6, 6.07) is 18.0. The molecule has 0 unspecified atom stereocenters. The Morgan fingerprint density at radius 2 is 1.86 bits per heavy atom. The molecule has 37 heavy (non-hydrogen) atoms. The van der Waals surface area contributed by atoms with Crippen molar-refractivity contribution in [1.29, 1.82) is 0 Å². The number of anilines is 1. The smallest absolute Gasteiger partial charge is 0.294 e. The van der Waals surface area contributed by atoms with E-state index in [1.165, 1.54) is 12.1 Å². The summed E-state index contributed by atoms with van der Waals surface area (Å²) in [6.07, 6.45) is 1.58. The Morgan fingerprint density at radius 1 is 1.14 bits per heavy atom. The van der Waals surface area contributed by atoms with Gasteiger partial charge in [-0.05, 0) is 88.0 Å². The van der Waals surface area contributed by atoms with Crippen LogP contribution in [-0.4, -0.2) is 33.4 Å². The van der Waals surface area contributed by atoms with Crippen LogP contribution in [0.5, 0.6) is 5.75 Å². The summed E-state index contributed by atoms with van der Waals surface area (Å²) in [7, 11) is 0. The van der Waals surface area contributed by atoms with Crippen molar-refractivity contribution in [2.24, 2.45) is 0 Å². The molecule has 0 aliphatic carbocycles. The predicted octanol–water partition coefficient (Wildman–Crippen LogP) is 6.11. The maximum atomic E-state index is 12.8. The quantitative estimate of drug-likeness (QED) is 0.135. The monoisotopic (exact) mass is 649 g/mol. The molecular formula is C25H17ClIN3O6S. The van der Waals surface area contributed by atoms with Crippen molar-refractivity contribution < 1.29 is 24.0 Å². The number of benzene rings is 3. The molecule has 0 atom stereocenters. The third kappa shape index (κ3) is 6.67. The Hall–Kier alpha value is -3.42. The first kappa shape index (κ1) is 26.6. The van der Waals surface area contributed by atoms with Gasteiger partial charge in [-0.3, -0.25) is 29.4 Å². The molecule has 3 amide bonds. The van der Waals surface area contributed by atoms with Gasteiger partial charge in [0.25, 0.3) is 16.8 Å². The van der Waals surface area contributed by atoms with E-state index in [2.05, 4.69) is 27.9 Å². The zero-order valence-electron chi connectivity index (χ0n) is 18.9. The Labute approximate surface area is 234 Å². The number of hydrogen-bond donors (Lipinski definition) is 1. The van der Waals surface area contributed by atoms with E-state index in [9.17, 15) is 24.5 Å². The van der Waals surface area contributed by atoms with Crippen LogP contribution >= 0.6 is 46.0 Å². The normalized spacial score (nSPS) is 14.2. The van der Waals surface area contributed by atoms with Crippen molar-refractivity contribution in [1.82, 2.24) is 4.90 Å². The number of amides is 3. The third-order valence-corrected chi connectivity index (χ3v) is 7.20. The second kappa shape index (κ2) is 11.8. The lowest BCUT2D eigenvalue weighted by atomic mass is 10.2. The molecular weight excluding hydrogens is 633 g/mol. The van der Waals surface area contributed by atoms with Crippen molar-refractivity contribution in [3.8, 4) is 5.75 Å². The minimum atomic E-state index is -0.558. The number of nitro groups is 1. The Bertz CT molecular complexity index is 1430. The molecule has 0 aromatic heterocycles. The summed E-state index contributed by atoms with van der Waals surface area (Å²) in [6.45, 7) is -0.206. The summed E-state index contributed by atoms with van der Waals surface area (Å²) < 4.78 is 6.59. The lowest BCUT2D eigenvalue weighted by Crippen LogP contribution is -2.36. The van der Waals surface area contributed by atoms with E-state index in [4.69, 9.17) is 16.3 Å². The minimum absolute atomic E-state index is 0.00770. The standard InChI is InChI=1S/C25H17ClIN3O6S/c26-18-3-1-2-4-20(18)28-23(31)13-29-24(32)22(37-25(29)33)12-16-7-10-21(19(27)11-16)36-14-15-5-8-17(9-6-15)30(34)35/h1-12H,13-14H2,(H,28,31)/b22-12+. The molecule has 3 aromatic rings. The fraction of sp³-hybridized carbons (Fsp3) is 0.0800. The third-order valence-electron chi connectivity index (χ3n) is 5.12. The van der Waals surface area contributed by atoms with E-state index in [1.807, 2.05) is 0 Å². The maximum absolute atomic E-state index is 12.8. The van der Waals surface area contributed by atoms with Crippen molar-refractivity contribution >= 4 is 80.5 Å². The Balaban J connectivity index is 1.39. The summed E-state index contributed by atoms with van der Waals surface area (Å²) >= 11 is 8.89. The number of ether oxygens (including phenoxy) is 1. The second-order valence-corrected chi connectivity index (χ2v) is 10.3. The van der Waals surface area contributed by atoms with Gasteiger partial charge in [0.1, 0.15) is 18.9 Å². The summed E-state index contributed by atoms with van der Waals surface area (Å²) in [5.41, 5.74) is 1.85. The molecule has 1 aliphatic rings. The number of nitrogens with zero attached hydrogens (tertiary/aromatic N) is 2. The van der Waals surface area contributed by atoms with Crippen LogP contribution in [-0.2, 0) is 16.2 Å². The lowest BCUT2D eigenvalue weighted by Gasteiger charge is -2.13. The molecule has 188 valence electrons. The van der Waals surface area contributed by atoms with Crippen LogP contribution < -0.4 is 10.1 Å². The number of imide groups is 1. The van der Waals surface area contributed by atoms with Gasteiger partial charge in [-0.1, -0.05) is 29.8 Å². The fourth-order valence-electron chi connectivity index (χ4n) is 3.28. The Kier molecular flexibility index (Phi) is 8.46. The number of nitrogens with one attached hydrogen (secondary N) is 1. The SMILES string of the molecule is O=C(CN1C(=O)S/C(=C/c2ccc(OCc3ccc([N+](=O)[O-])cc3)c(I)c2)C1=O)Nc1ccccc1Cl. The molecule has 0 saturated carbocycles. The van der Waals surface area contributed by atoms with Crippen LogP contribution in [0, 0.1) is 13.7 Å². The van der Waals surface area contributed by atoms with Crippen molar-refractivity contribution in [2.75, 3.05) is 11.9 Å². The summed E-state index contributed by atoms with van der Waals surface area (Å²) in [5, 5.41) is 13.2. The van der Waals surface area contributed by atoms with Gasteiger partial charge in [0.15, 0.2) is 0 Å². The highest BCUT2D eigenvalue weighted by molar-refractivity contribution is 14.1. The van der Waals surface area contributed by atoms with Crippen LogP contribution in [0.1, 0.15) is 11.1 Å². The first-order chi connectivity index (χ1) is 17.7. The average molecular weight is 650 g/mol. The molecule has 1 N–H and O–H groups in total. The lowest BCUT2D eigenvalue weighted by molar-refractivity contribution is -0.384. The first-order valence-electron chi connectivity index (χ1n) is 10.7. The van der Waals surface area contributed by atoms with E-state index < -0.39 is 28.5 Å². The van der Waals surface area contributed by atoms with Crippen LogP contribution in [0.15, 0.2) is 71.6 Å². The summed E-state index contributed by atoms with van der Waals surface area (Å²) in [4.78, 5) is 49.0. The van der Waals surface area contributed by atoms with Gasteiger partial charge < -0.3 is 10.1 Å². The highest BCUT2D eigenvalue weighted by Gasteiger charge is 2.36. The molecule has 0 bridgehead atoms. The molecule has 1 heterocycles. The minimum Gasteiger partial charge on any atom is -0.488 e. The van der Waals surface area contributed by atoms with Gasteiger partial charge in [-0.25, -0.2) is 0 Å². The molecule has 1 fully saturated rings. The van der Waals surface area contributed by atoms with E-state index in [-0.39, 0.29) is 17.2 Å². The highest BCUT2D eigenvalue weighted by Crippen LogP contribution is 2.33. The zero-order chi connectivity index (χ0) is 26.5. The highest BCUT2D eigenvalue weighted by atomic mass is 127. The van der Waals surface area contributed by atoms with Crippen molar-refractivity contribution in [3.05, 3.63) is 101 Å². The molecule has 1 aliphatic heterocycles. The fourth-order valence-corrected chi connectivity index (χ4v) is 5.00. The number of non-ortho nitro benzene ring substituents is 1. The van der Waals surface area contributed by atoms with Gasteiger partial charge in [0, 0.05) is 12.1 Å². The number of thioether (sulfide) groups is 1. The molecule has 0 radical (unpaired) electrons. The predicted molar refractivity (Wildman–Crippen MR) is 149 cm³/mol. The molecule has 12 heteroatoms. The number of para-hydroxylation sites is 1. The number of carbonyl (C=O) groups excluding carboxylic acids is 3. The van der Waals surface area contributed by atoms with Crippen LogP contribution in [0.3, 0.4) is 0 Å². The van der Waals surface area contributed by atoms with Gasteiger partial charge in [-0.15, -0.1) is 0 Å². The topological polar surface area (TPSA) is 119 Å². The average Bonchev–Trinajstić information content (AvgIpc) is 3.12. The van der Waals surface area contributed by atoms with Crippen molar-refractivity contribution in [3.63, 3.8) is 0 Å². The van der Waals surface area contributed by atoms with E-state index in [0.717, 1.165) is 25.8 Å². The molecule has 9 nitrogen and oxygen atoms in total. The molecule has 0 spiro atoms. The number of carbonyl (C=O) groups is 3. The van der Waals surface area contributed by atoms with Crippen molar-refractivity contribution in [2.45, 2.75) is 6.61 Å². The molecule has 1 saturated heterocycles. The number of rotatable bonds is 8. The number of halogens is 2. The number of nitro benzene ring substituents is 1. The van der Waals surface area contributed by atoms with E-state index >= 15 is 0 Å². The van der Waals surface area contributed by atoms with Gasteiger partial charge in [-0.2, -0.15) is 0 Å². The largest absolute Gasteiger partial charge is 0.488 e. The van der Waals surface area contributed by atoms with Gasteiger partial charge in [0.2, 0.25) is 5.91 Å². The van der Waals surface area contributed by atoms with E-state index in [1.54, 1.807) is 60.7 Å². The first-order valence-corrected chi connectivity index (χ1v) is 12.9. The van der Waals surface area contributed by atoms with Crippen LogP contribution in [0.4, 0.5) is 16.2 Å².